The number of thioether (sulfide) groups is 1. The van der Waals surface area contributed by atoms with E-state index in [1.807, 2.05) is 54.4 Å². The summed E-state index contributed by atoms with van der Waals surface area (Å²) in [5.41, 5.74) is 3.30. The van der Waals surface area contributed by atoms with Crippen molar-refractivity contribution < 1.29 is 9.18 Å². The average molecular weight is 490 g/mol. The highest BCUT2D eigenvalue weighted by Gasteiger charge is 2.35. The Labute approximate surface area is 202 Å². The Bertz CT molecular complexity index is 1130. The maximum Gasteiger partial charge on any atom is 0.225 e. The Balaban J connectivity index is 0.00000289. The first-order valence-electron chi connectivity index (χ1n) is 9.78. The largest absolute Gasteiger partial charge is 0.333 e. The molecule has 8 heteroatoms. The number of amidine groups is 1. The van der Waals surface area contributed by atoms with Gasteiger partial charge in [-0.05, 0) is 41.5 Å². The number of nitrogens with zero attached hydrogens (tertiary/aromatic N) is 3. The number of amides is 1. The molecule has 1 atom stereocenters. The predicted octanol–water partition coefficient (Wildman–Crippen LogP) is 6.61. The Morgan fingerprint density at radius 2 is 1.75 bits per heavy atom. The number of hydrogen-bond acceptors (Lipinski definition) is 3. The van der Waals surface area contributed by atoms with Gasteiger partial charge in [-0.3, -0.25) is 9.69 Å². The van der Waals surface area contributed by atoms with E-state index >= 15 is 0 Å². The molecule has 1 fully saturated rings. The zero-order chi connectivity index (χ0) is 22.0. The molecule has 1 aliphatic heterocycles. The minimum absolute atomic E-state index is 0. The number of benzene rings is 3. The van der Waals surface area contributed by atoms with Gasteiger partial charge in [0.05, 0.1) is 11.4 Å². The maximum atomic E-state index is 14.5. The van der Waals surface area contributed by atoms with Crippen LogP contribution in [0.4, 0.5) is 15.8 Å². The predicted molar refractivity (Wildman–Crippen MR) is 135 cm³/mol. The molecule has 3 aromatic rings. The van der Waals surface area contributed by atoms with Gasteiger partial charge in [0, 0.05) is 24.7 Å². The fraction of sp³-hybridized carbons (Fsp3) is 0.167. The van der Waals surface area contributed by atoms with Crippen LogP contribution >= 0.6 is 35.8 Å². The lowest BCUT2D eigenvalue weighted by molar-refractivity contribution is -0.117. The molecule has 0 spiro atoms. The van der Waals surface area contributed by atoms with E-state index in [0.717, 1.165) is 22.0 Å². The zero-order valence-electron chi connectivity index (χ0n) is 17.5. The van der Waals surface area contributed by atoms with Gasteiger partial charge in [-0.2, -0.15) is 0 Å². The third-order valence-electron chi connectivity index (χ3n) is 5.12. The minimum Gasteiger partial charge on any atom is -0.333 e. The molecule has 0 N–H and O–H groups in total. The van der Waals surface area contributed by atoms with Crippen molar-refractivity contribution in [2.45, 2.75) is 13.1 Å². The summed E-state index contributed by atoms with van der Waals surface area (Å²) in [5, 5.41) is 1.07. The molecule has 1 unspecified atom stereocenters. The van der Waals surface area contributed by atoms with Gasteiger partial charge >= 0.3 is 0 Å². The Morgan fingerprint density at radius 3 is 2.38 bits per heavy atom. The van der Waals surface area contributed by atoms with Gasteiger partial charge in [-0.15, -0.1) is 12.4 Å². The molecular weight excluding hydrogens is 468 g/mol. The number of halogens is 3. The molecule has 0 aromatic heterocycles. The Hall–Kier alpha value is -2.54. The number of hydrogen-bond donors (Lipinski definition) is 0. The van der Waals surface area contributed by atoms with Crippen LogP contribution in [-0.4, -0.2) is 34.9 Å². The normalized spacial score (nSPS) is 16.7. The molecule has 3 aromatic carbocycles. The molecule has 1 amide bonds. The first kappa shape index (κ1) is 24.1. The van der Waals surface area contributed by atoms with Crippen LogP contribution in [-0.2, 0) is 4.79 Å². The summed E-state index contributed by atoms with van der Waals surface area (Å²) in [5.74, 6) is -0.186. The van der Waals surface area contributed by atoms with Crippen LogP contribution < -0.4 is 4.90 Å². The van der Waals surface area contributed by atoms with Gasteiger partial charge in [-0.25, -0.2) is 9.38 Å². The van der Waals surface area contributed by atoms with Crippen LogP contribution in [0, 0.1) is 5.82 Å². The molecule has 4 rings (SSSR count). The van der Waals surface area contributed by atoms with Crippen molar-refractivity contribution >= 4 is 58.2 Å². The second kappa shape index (κ2) is 10.4. The summed E-state index contributed by atoms with van der Waals surface area (Å²) in [6.45, 7) is 1.43. The van der Waals surface area contributed by atoms with E-state index in [1.54, 1.807) is 6.07 Å². The van der Waals surface area contributed by atoms with Crippen molar-refractivity contribution in [3.8, 4) is 11.1 Å². The van der Waals surface area contributed by atoms with E-state index in [2.05, 4.69) is 12.1 Å². The number of carbonyl (C=O) groups excluding carboxylic acids is 1. The SMILES string of the molecule is CC(=O)N(c1ccc(Cl)cc1F)C1CSC(=Nc2ccc(-c3ccccc3)cc2)N1C.Cl. The quantitative estimate of drug-likeness (QED) is 0.413. The van der Waals surface area contributed by atoms with Crippen LogP contribution in [0.1, 0.15) is 6.92 Å². The lowest BCUT2D eigenvalue weighted by Gasteiger charge is -2.33. The monoisotopic (exact) mass is 489 g/mol. The van der Waals surface area contributed by atoms with Gasteiger partial charge < -0.3 is 4.90 Å². The number of anilines is 1. The fourth-order valence-electron chi connectivity index (χ4n) is 3.54. The third-order valence-corrected chi connectivity index (χ3v) is 6.45. The molecule has 1 aliphatic rings. The molecule has 0 radical (unpaired) electrons. The number of rotatable bonds is 4. The summed E-state index contributed by atoms with van der Waals surface area (Å²) in [4.78, 5) is 20.5. The highest BCUT2D eigenvalue weighted by atomic mass is 35.5. The summed E-state index contributed by atoms with van der Waals surface area (Å²) < 4.78 is 14.5. The number of carbonyl (C=O) groups is 1. The molecule has 1 heterocycles. The van der Waals surface area contributed by atoms with Crippen molar-refractivity contribution in [1.29, 1.82) is 0 Å². The van der Waals surface area contributed by atoms with E-state index in [4.69, 9.17) is 16.6 Å². The molecule has 0 aliphatic carbocycles. The Morgan fingerprint density at radius 1 is 1.09 bits per heavy atom. The van der Waals surface area contributed by atoms with Crippen molar-refractivity contribution in [3.05, 3.63) is 83.6 Å². The van der Waals surface area contributed by atoms with E-state index in [0.29, 0.717) is 10.8 Å². The third kappa shape index (κ3) is 5.09. The summed E-state index contributed by atoms with van der Waals surface area (Å²) >= 11 is 7.41. The summed E-state index contributed by atoms with van der Waals surface area (Å²) in [6.07, 6.45) is -0.347. The summed E-state index contributed by atoms with van der Waals surface area (Å²) in [6, 6.07) is 22.5. The highest BCUT2D eigenvalue weighted by Crippen LogP contribution is 2.33. The molecule has 0 saturated carbocycles. The molecule has 0 bridgehead atoms. The maximum absolute atomic E-state index is 14.5. The smallest absolute Gasteiger partial charge is 0.225 e. The van der Waals surface area contributed by atoms with Crippen LogP contribution in [0.5, 0.6) is 0 Å². The first-order valence-corrected chi connectivity index (χ1v) is 11.1. The molecule has 1 saturated heterocycles. The van der Waals surface area contributed by atoms with Gasteiger partial charge in [0.2, 0.25) is 5.91 Å². The standard InChI is InChI=1S/C24H21ClFN3OS.ClH/c1-16(30)29(22-13-10-19(25)14-21(22)26)23-15-31-24(28(23)2)27-20-11-8-18(9-12-20)17-6-4-3-5-7-17;/h3-14,23H,15H2,1-2H3;1H. The van der Waals surface area contributed by atoms with Crippen molar-refractivity contribution in [1.82, 2.24) is 4.90 Å². The van der Waals surface area contributed by atoms with E-state index in [1.165, 1.54) is 35.7 Å². The van der Waals surface area contributed by atoms with Gasteiger partial charge in [-0.1, -0.05) is 65.8 Å². The average Bonchev–Trinajstić information content (AvgIpc) is 3.11. The van der Waals surface area contributed by atoms with E-state index in [9.17, 15) is 9.18 Å². The second-order valence-electron chi connectivity index (χ2n) is 7.19. The van der Waals surface area contributed by atoms with Crippen molar-refractivity contribution in [2.24, 2.45) is 4.99 Å². The Kier molecular flexibility index (Phi) is 7.82. The topological polar surface area (TPSA) is 35.9 Å². The van der Waals surface area contributed by atoms with Crippen molar-refractivity contribution in [2.75, 3.05) is 17.7 Å². The van der Waals surface area contributed by atoms with Gasteiger partial charge in [0.15, 0.2) is 5.17 Å². The first-order chi connectivity index (χ1) is 14.9. The lowest BCUT2D eigenvalue weighted by atomic mass is 10.1. The molecule has 4 nitrogen and oxygen atoms in total. The zero-order valence-corrected chi connectivity index (χ0v) is 19.9. The van der Waals surface area contributed by atoms with Gasteiger partial charge in [0.25, 0.3) is 0 Å². The second-order valence-corrected chi connectivity index (χ2v) is 8.62. The molecular formula is C24H22Cl2FN3OS. The highest BCUT2D eigenvalue weighted by molar-refractivity contribution is 8.14. The van der Waals surface area contributed by atoms with E-state index < -0.39 is 5.82 Å². The van der Waals surface area contributed by atoms with Crippen LogP contribution in [0.2, 0.25) is 5.02 Å². The van der Waals surface area contributed by atoms with E-state index in [-0.39, 0.29) is 30.2 Å². The summed E-state index contributed by atoms with van der Waals surface area (Å²) in [7, 11) is 1.87. The van der Waals surface area contributed by atoms with Crippen LogP contribution in [0.3, 0.4) is 0 Å². The lowest BCUT2D eigenvalue weighted by Crippen LogP contribution is -2.48. The van der Waals surface area contributed by atoms with Crippen molar-refractivity contribution in [3.63, 3.8) is 0 Å². The number of aliphatic imine (C=N–C) groups is 1. The van der Waals surface area contributed by atoms with Crippen LogP contribution in [0.25, 0.3) is 11.1 Å². The minimum atomic E-state index is -0.525. The van der Waals surface area contributed by atoms with Crippen LogP contribution in [0.15, 0.2) is 77.8 Å². The molecule has 32 heavy (non-hydrogen) atoms. The fourth-order valence-corrected chi connectivity index (χ4v) is 4.86. The van der Waals surface area contributed by atoms with Gasteiger partial charge in [0.1, 0.15) is 12.0 Å². The molecule has 166 valence electrons.